The van der Waals surface area contributed by atoms with Gasteiger partial charge < -0.3 is 9.80 Å². The van der Waals surface area contributed by atoms with Gasteiger partial charge in [0.05, 0.1) is 24.5 Å². The fraction of sp³-hybridized carbons (Fsp3) is 0.588. The van der Waals surface area contributed by atoms with E-state index < -0.39 is 0 Å². The second-order valence-corrected chi connectivity index (χ2v) is 7.40. The largest absolute Gasteiger partial charge is 0.367 e. The molecule has 0 aromatic carbocycles. The number of aromatic nitrogens is 2. The lowest BCUT2D eigenvalue weighted by atomic mass is 10.1. The highest BCUT2D eigenvalue weighted by molar-refractivity contribution is 5.48. The Kier molecular flexibility index (Phi) is 5.69. The Hall–Kier alpha value is -1.91. The van der Waals surface area contributed by atoms with Gasteiger partial charge in [-0.15, -0.1) is 0 Å². The quantitative estimate of drug-likeness (QED) is 0.758. The third-order valence-corrected chi connectivity index (χ3v) is 3.51. The molecule has 5 heteroatoms. The van der Waals surface area contributed by atoms with E-state index in [-0.39, 0.29) is 11.1 Å². The minimum absolute atomic E-state index is 0.0113. The molecular weight excluding hydrogens is 276 g/mol. The third-order valence-electron chi connectivity index (χ3n) is 3.51. The molecule has 1 amide bonds. The van der Waals surface area contributed by atoms with Gasteiger partial charge in [-0.05, 0) is 59.9 Å². The molecular formula is C17H28N4O. The summed E-state index contributed by atoms with van der Waals surface area (Å²) >= 11 is 0. The van der Waals surface area contributed by atoms with E-state index in [0.29, 0.717) is 13.1 Å². The van der Waals surface area contributed by atoms with Crippen LogP contribution in [0.15, 0.2) is 24.9 Å². The lowest BCUT2D eigenvalue weighted by Gasteiger charge is -2.34. The predicted molar refractivity (Wildman–Crippen MR) is 88.9 cm³/mol. The van der Waals surface area contributed by atoms with Crippen molar-refractivity contribution in [3.8, 4) is 0 Å². The molecule has 0 aliphatic carbocycles. The van der Waals surface area contributed by atoms with Gasteiger partial charge in [0.15, 0.2) is 0 Å². The Balaban J connectivity index is 2.79. The first-order valence-electron chi connectivity index (χ1n) is 7.51. The molecule has 5 nitrogen and oxygen atoms in total. The number of hydrogen-bond acceptors (Lipinski definition) is 4. The molecule has 0 fully saturated rings. The molecule has 22 heavy (non-hydrogen) atoms. The zero-order valence-electron chi connectivity index (χ0n) is 14.6. The summed E-state index contributed by atoms with van der Waals surface area (Å²) in [5.41, 5.74) is 1.43. The maximum absolute atomic E-state index is 11.2. The maximum Gasteiger partial charge on any atom is 0.210 e. The lowest BCUT2D eigenvalue weighted by molar-refractivity contribution is -0.123. The van der Waals surface area contributed by atoms with Gasteiger partial charge in [0.2, 0.25) is 6.41 Å². The van der Waals surface area contributed by atoms with Gasteiger partial charge >= 0.3 is 0 Å². The van der Waals surface area contributed by atoms with E-state index in [4.69, 9.17) is 0 Å². The van der Waals surface area contributed by atoms with Crippen LogP contribution in [-0.2, 0) is 17.9 Å². The SMILES string of the molecule is C=CN(Cc1ccc(CN(C=O)C(C)(C)C)nn1)C(C)(C)C. The van der Waals surface area contributed by atoms with Crippen molar-refractivity contribution in [2.24, 2.45) is 0 Å². The van der Waals surface area contributed by atoms with Gasteiger partial charge in [-0.1, -0.05) is 6.58 Å². The number of amides is 1. The first-order valence-corrected chi connectivity index (χ1v) is 7.51. The van der Waals surface area contributed by atoms with Crippen LogP contribution in [0.2, 0.25) is 0 Å². The molecule has 0 bridgehead atoms. The van der Waals surface area contributed by atoms with Crippen molar-refractivity contribution < 1.29 is 4.79 Å². The molecule has 0 aliphatic heterocycles. The van der Waals surface area contributed by atoms with Crippen LogP contribution in [0.25, 0.3) is 0 Å². The highest BCUT2D eigenvalue weighted by Gasteiger charge is 2.21. The Morgan fingerprint density at radius 1 is 0.955 bits per heavy atom. The maximum atomic E-state index is 11.2. The summed E-state index contributed by atoms with van der Waals surface area (Å²) in [4.78, 5) is 15.0. The van der Waals surface area contributed by atoms with Gasteiger partial charge in [0.1, 0.15) is 0 Å². The van der Waals surface area contributed by atoms with E-state index in [0.717, 1.165) is 17.8 Å². The van der Waals surface area contributed by atoms with Crippen LogP contribution in [0, 0.1) is 0 Å². The lowest BCUT2D eigenvalue weighted by Crippen LogP contribution is -2.40. The normalized spacial score (nSPS) is 11.9. The standard InChI is InChI=1S/C17H28N4O/c1-8-20(16(2,3)4)11-14-9-10-15(19-18-14)12-21(13-22)17(5,6)7/h8-10,13H,1,11-12H2,2-7H3. The van der Waals surface area contributed by atoms with Crippen LogP contribution in [0.4, 0.5) is 0 Å². The van der Waals surface area contributed by atoms with Crippen LogP contribution in [0.5, 0.6) is 0 Å². The summed E-state index contributed by atoms with van der Waals surface area (Å²) in [6.07, 6.45) is 2.68. The molecule has 1 rings (SSSR count). The number of carbonyl (C=O) groups is 1. The number of hydrogen-bond donors (Lipinski definition) is 0. The summed E-state index contributed by atoms with van der Waals surface area (Å²) < 4.78 is 0. The van der Waals surface area contributed by atoms with Gasteiger partial charge in [0, 0.05) is 11.1 Å². The smallest absolute Gasteiger partial charge is 0.210 e. The van der Waals surface area contributed by atoms with Crippen molar-refractivity contribution in [2.75, 3.05) is 0 Å². The molecule has 0 unspecified atom stereocenters. The zero-order valence-corrected chi connectivity index (χ0v) is 14.6. The molecule has 0 atom stereocenters. The average Bonchev–Trinajstić information content (AvgIpc) is 2.40. The van der Waals surface area contributed by atoms with Gasteiger partial charge in [-0.25, -0.2) is 0 Å². The zero-order chi connectivity index (χ0) is 17.0. The topological polar surface area (TPSA) is 49.3 Å². The highest BCUT2D eigenvalue weighted by Crippen LogP contribution is 2.17. The summed E-state index contributed by atoms with van der Waals surface area (Å²) in [5, 5.41) is 8.51. The second-order valence-electron chi connectivity index (χ2n) is 7.40. The van der Waals surface area contributed by atoms with Gasteiger partial charge in [-0.2, -0.15) is 10.2 Å². The molecule has 0 radical (unpaired) electrons. The first kappa shape index (κ1) is 18.1. The van der Waals surface area contributed by atoms with Crippen LogP contribution in [-0.4, -0.2) is 37.5 Å². The minimum Gasteiger partial charge on any atom is -0.367 e. The first-order chi connectivity index (χ1) is 10.1. The van der Waals surface area contributed by atoms with Gasteiger partial charge in [-0.3, -0.25) is 4.79 Å². The molecule has 1 aromatic heterocycles. The molecule has 0 saturated carbocycles. The number of carbonyl (C=O) groups excluding carboxylic acids is 1. The summed E-state index contributed by atoms with van der Waals surface area (Å²) in [6.45, 7) is 17.3. The van der Waals surface area contributed by atoms with Crippen LogP contribution in [0.1, 0.15) is 52.9 Å². The van der Waals surface area contributed by atoms with E-state index in [9.17, 15) is 4.79 Å². The summed E-state index contributed by atoms with van der Waals surface area (Å²) in [6, 6.07) is 3.88. The minimum atomic E-state index is -0.228. The van der Waals surface area contributed by atoms with E-state index in [1.165, 1.54) is 0 Å². The summed E-state index contributed by atoms with van der Waals surface area (Å²) in [5.74, 6) is 0. The Labute approximate surface area is 134 Å². The Morgan fingerprint density at radius 2 is 1.36 bits per heavy atom. The van der Waals surface area contributed by atoms with Crippen molar-refractivity contribution in [3.05, 3.63) is 36.3 Å². The second kappa shape index (κ2) is 6.90. The Bertz CT molecular complexity index is 450. The molecule has 0 N–H and O–H groups in total. The molecule has 0 saturated heterocycles. The van der Waals surface area contributed by atoms with Crippen molar-refractivity contribution in [3.63, 3.8) is 0 Å². The molecule has 0 spiro atoms. The average molecular weight is 304 g/mol. The molecule has 1 aromatic rings. The van der Waals surface area contributed by atoms with Gasteiger partial charge in [0.25, 0.3) is 0 Å². The molecule has 122 valence electrons. The third kappa shape index (κ3) is 5.13. The van der Waals surface area contributed by atoms with E-state index in [2.05, 4.69) is 42.4 Å². The van der Waals surface area contributed by atoms with Crippen LogP contribution >= 0.6 is 0 Å². The van der Waals surface area contributed by atoms with Crippen LogP contribution < -0.4 is 0 Å². The highest BCUT2D eigenvalue weighted by atomic mass is 16.1. The fourth-order valence-electron chi connectivity index (χ4n) is 1.91. The number of nitrogens with zero attached hydrogens (tertiary/aromatic N) is 4. The fourth-order valence-corrected chi connectivity index (χ4v) is 1.91. The molecule has 0 aliphatic rings. The monoisotopic (exact) mass is 304 g/mol. The van der Waals surface area contributed by atoms with Crippen molar-refractivity contribution >= 4 is 6.41 Å². The number of rotatable bonds is 6. The van der Waals surface area contributed by atoms with Crippen molar-refractivity contribution in [1.82, 2.24) is 20.0 Å². The van der Waals surface area contributed by atoms with E-state index in [1.807, 2.05) is 39.1 Å². The van der Waals surface area contributed by atoms with Crippen molar-refractivity contribution in [2.45, 2.75) is 65.7 Å². The van der Waals surface area contributed by atoms with Crippen molar-refractivity contribution in [1.29, 1.82) is 0 Å². The van der Waals surface area contributed by atoms with E-state index in [1.54, 1.807) is 4.90 Å². The Morgan fingerprint density at radius 3 is 1.64 bits per heavy atom. The van der Waals surface area contributed by atoms with E-state index >= 15 is 0 Å². The van der Waals surface area contributed by atoms with Crippen LogP contribution in [0.3, 0.4) is 0 Å². The predicted octanol–water partition coefficient (Wildman–Crippen LogP) is 2.98. The molecule has 1 heterocycles. The summed E-state index contributed by atoms with van der Waals surface area (Å²) in [7, 11) is 0.